The quantitative estimate of drug-likeness (QED) is 0.645. The standard InChI is InChI=1S/C21H22ClF3N4O4/c22-15-11-26-29(18-7-3-4-10-32-18)20(31)19(15)28-9-8-27(17(30)13-28)12-14-5-1-2-6-16(14)33-21(23,24)25/h1-2,5-6,11,18H,3-4,7-10,12-13H2. The Kier molecular flexibility index (Phi) is 6.80. The normalized spacial score (nSPS) is 19.6. The van der Waals surface area contributed by atoms with Gasteiger partial charge in [0.15, 0.2) is 6.23 Å². The van der Waals surface area contributed by atoms with Gasteiger partial charge in [0.1, 0.15) is 11.4 Å². The average Bonchev–Trinajstić information content (AvgIpc) is 2.76. The molecule has 2 aromatic rings. The van der Waals surface area contributed by atoms with Crippen molar-refractivity contribution in [2.75, 3.05) is 31.1 Å². The zero-order chi connectivity index (χ0) is 23.6. The summed E-state index contributed by atoms with van der Waals surface area (Å²) in [5.74, 6) is -0.705. The second-order valence-electron chi connectivity index (χ2n) is 7.80. The number of piperazine rings is 1. The van der Waals surface area contributed by atoms with E-state index in [-0.39, 0.29) is 54.1 Å². The molecule has 8 nitrogen and oxygen atoms in total. The molecule has 3 heterocycles. The van der Waals surface area contributed by atoms with Gasteiger partial charge in [-0.05, 0) is 25.3 Å². The average molecular weight is 487 g/mol. The summed E-state index contributed by atoms with van der Waals surface area (Å²) in [4.78, 5) is 28.9. The van der Waals surface area contributed by atoms with Gasteiger partial charge in [0.2, 0.25) is 5.91 Å². The number of nitrogens with zero attached hydrogens (tertiary/aromatic N) is 4. The molecular weight excluding hydrogens is 465 g/mol. The molecule has 0 radical (unpaired) electrons. The van der Waals surface area contributed by atoms with Crippen molar-refractivity contribution in [2.24, 2.45) is 0 Å². The van der Waals surface area contributed by atoms with Gasteiger partial charge in [-0.2, -0.15) is 9.78 Å². The molecule has 1 amide bonds. The zero-order valence-corrected chi connectivity index (χ0v) is 18.3. The zero-order valence-electron chi connectivity index (χ0n) is 17.6. The lowest BCUT2D eigenvalue weighted by Crippen LogP contribution is -2.51. The molecule has 2 saturated heterocycles. The van der Waals surface area contributed by atoms with E-state index < -0.39 is 18.1 Å². The van der Waals surface area contributed by atoms with Gasteiger partial charge in [-0.25, -0.2) is 0 Å². The highest BCUT2D eigenvalue weighted by atomic mass is 35.5. The van der Waals surface area contributed by atoms with Gasteiger partial charge in [0.25, 0.3) is 5.56 Å². The van der Waals surface area contributed by atoms with Crippen LogP contribution in [0.2, 0.25) is 5.02 Å². The van der Waals surface area contributed by atoms with Crippen LogP contribution >= 0.6 is 11.6 Å². The number of carbonyl (C=O) groups excluding carboxylic acids is 1. The number of hydrogen-bond donors (Lipinski definition) is 0. The van der Waals surface area contributed by atoms with E-state index in [4.69, 9.17) is 16.3 Å². The number of halogens is 4. The van der Waals surface area contributed by atoms with E-state index in [0.717, 1.165) is 12.8 Å². The SMILES string of the molecule is O=C1CN(c2c(Cl)cnn(C3CCCCO3)c2=O)CCN1Cc1ccccc1OC(F)(F)F. The van der Waals surface area contributed by atoms with Gasteiger partial charge in [-0.1, -0.05) is 29.8 Å². The van der Waals surface area contributed by atoms with Gasteiger partial charge >= 0.3 is 6.36 Å². The molecule has 0 N–H and O–H groups in total. The molecule has 4 rings (SSSR count). The molecule has 0 spiro atoms. The highest BCUT2D eigenvalue weighted by Crippen LogP contribution is 2.29. The Morgan fingerprint density at radius 1 is 1.18 bits per heavy atom. The number of amides is 1. The largest absolute Gasteiger partial charge is 0.573 e. The number of benzene rings is 1. The lowest BCUT2D eigenvalue weighted by atomic mass is 10.1. The van der Waals surface area contributed by atoms with Crippen LogP contribution in [-0.4, -0.2) is 53.2 Å². The van der Waals surface area contributed by atoms with Gasteiger partial charge in [-0.15, -0.1) is 13.2 Å². The molecule has 1 aromatic carbocycles. The van der Waals surface area contributed by atoms with Crippen molar-refractivity contribution in [3.8, 4) is 5.75 Å². The maximum absolute atomic E-state index is 13.1. The monoisotopic (exact) mass is 486 g/mol. The van der Waals surface area contributed by atoms with Crippen LogP contribution < -0.4 is 15.2 Å². The number of rotatable bonds is 5. The van der Waals surface area contributed by atoms with Crippen LogP contribution in [0.5, 0.6) is 5.75 Å². The molecule has 33 heavy (non-hydrogen) atoms. The predicted octanol–water partition coefficient (Wildman–Crippen LogP) is 3.34. The van der Waals surface area contributed by atoms with Gasteiger partial charge in [-0.3, -0.25) is 9.59 Å². The molecule has 2 aliphatic heterocycles. The lowest BCUT2D eigenvalue weighted by Gasteiger charge is -2.36. The third-order valence-corrected chi connectivity index (χ3v) is 5.83. The van der Waals surface area contributed by atoms with Gasteiger partial charge in [0.05, 0.1) is 17.8 Å². The highest BCUT2D eigenvalue weighted by Gasteiger charge is 2.33. The van der Waals surface area contributed by atoms with Crippen molar-refractivity contribution in [1.29, 1.82) is 0 Å². The second kappa shape index (κ2) is 9.60. The van der Waals surface area contributed by atoms with Crippen molar-refractivity contribution in [2.45, 2.75) is 38.4 Å². The van der Waals surface area contributed by atoms with E-state index in [1.165, 1.54) is 34.0 Å². The number of anilines is 1. The fourth-order valence-corrected chi connectivity index (χ4v) is 4.22. The summed E-state index contributed by atoms with van der Waals surface area (Å²) in [6, 6.07) is 5.68. The fourth-order valence-electron chi connectivity index (χ4n) is 3.98. The Bertz CT molecular complexity index is 1070. The van der Waals surface area contributed by atoms with Crippen LogP contribution in [0.15, 0.2) is 35.3 Å². The Balaban J connectivity index is 1.50. The molecule has 178 valence electrons. The fraction of sp³-hybridized carbons (Fsp3) is 0.476. The maximum Gasteiger partial charge on any atom is 0.573 e. The van der Waals surface area contributed by atoms with Crippen molar-refractivity contribution in [3.05, 3.63) is 51.4 Å². The maximum atomic E-state index is 13.1. The van der Waals surface area contributed by atoms with Crippen LogP contribution in [0.3, 0.4) is 0 Å². The van der Waals surface area contributed by atoms with Crippen molar-refractivity contribution in [1.82, 2.24) is 14.7 Å². The molecule has 1 unspecified atom stereocenters. The first-order valence-corrected chi connectivity index (χ1v) is 10.9. The Hall–Kier alpha value is -2.79. The van der Waals surface area contributed by atoms with E-state index in [9.17, 15) is 22.8 Å². The summed E-state index contributed by atoms with van der Waals surface area (Å²) in [5.41, 5.74) is -0.0513. The molecule has 1 atom stereocenters. The van der Waals surface area contributed by atoms with Crippen LogP contribution in [0, 0.1) is 0 Å². The van der Waals surface area contributed by atoms with E-state index in [2.05, 4.69) is 9.84 Å². The summed E-state index contributed by atoms with van der Waals surface area (Å²) in [7, 11) is 0. The number of alkyl halides is 3. The van der Waals surface area contributed by atoms with Crippen LogP contribution in [-0.2, 0) is 16.1 Å². The minimum absolute atomic E-state index is 0.0524. The number of hydrogen-bond acceptors (Lipinski definition) is 6. The minimum Gasteiger partial charge on any atom is -0.405 e. The third kappa shape index (κ3) is 5.41. The molecule has 2 aliphatic rings. The van der Waals surface area contributed by atoms with E-state index in [0.29, 0.717) is 13.0 Å². The van der Waals surface area contributed by atoms with E-state index in [1.807, 2.05) is 0 Å². The molecule has 12 heteroatoms. The smallest absolute Gasteiger partial charge is 0.405 e. The molecule has 0 saturated carbocycles. The van der Waals surface area contributed by atoms with E-state index in [1.54, 1.807) is 11.0 Å². The van der Waals surface area contributed by atoms with Gasteiger partial charge < -0.3 is 19.3 Å². The number of aromatic nitrogens is 2. The van der Waals surface area contributed by atoms with Crippen molar-refractivity contribution in [3.63, 3.8) is 0 Å². The summed E-state index contributed by atoms with van der Waals surface area (Å²) < 4.78 is 49.0. The topological polar surface area (TPSA) is 76.9 Å². The first-order valence-electron chi connectivity index (χ1n) is 10.5. The summed E-state index contributed by atoms with van der Waals surface area (Å²) >= 11 is 6.26. The summed E-state index contributed by atoms with van der Waals surface area (Å²) in [5, 5.41) is 4.23. The number of ether oxygens (including phenoxy) is 2. The van der Waals surface area contributed by atoms with Crippen molar-refractivity contribution >= 4 is 23.2 Å². The number of carbonyl (C=O) groups is 1. The third-order valence-electron chi connectivity index (χ3n) is 5.56. The van der Waals surface area contributed by atoms with Crippen LogP contribution in [0.4, 0.5) is 18.9 Å². The molecular formula is C21H22ClF3N4O4. The van der Waals surface area contributed by atoms with Crippen LogP contribution in [0.1, 0.15) is 31.1 Å². The Labute approximate surface area is 192 Å². The lowest BCUT2D eigenvalue weighted by molar-refractivity contribution is -0.275. The summed E-state index contributed by atoms with van der Waals surface area (Å²) in [6.45, 7) is 0.805. The minimum atomic E-state index is -4.83. The van der Waals surface area contributed by atoms with Gasteiger partial charge in [0, 0.05) is 31.8 Å². The molecule has 0 aliphatic carbocycles. The Morgan fingerprint density at radius 2 is 1.97 bits per heavy atom. The number of para-hydroxylation sites is 1. The highest BCUT2D eigenvalue weighted by molar-refractivity contribution is 6.33. The molecule has 0 bridgehead atoms. The molecule has 1 aromatic heterocycles. The van der Waals surface area contributed by atoms with Crippen LogP contribution in [0.25, 0.3) is 0 Å². The first-order chi connectivity index (χ1) is 15.7. The Morgan fingerprint density at radius 3 is 2.67 bits per heavy atom. The van der Waals surface area contributed by atoms with Crippen molar-refractivity contribution < 1.29 is 27.4 Å². The predicted molar refractivity (Wildman–Crippen MR) is 113 cm³/mol. The molecule has 2 fully saturated rings. The second-order valence-corrected chi connectivity index (χ2v) is 8.21. The van der Waals surface area contributed by atoms with E-state index >= 15 is 0 Å². The first kappa shape index (κ1) is 23.4. The summed E-state index contributed by atoms with van der Waals surface area (Å²) in [6.07, 6.45) is -1.48.